The molecule has 0 bridgehead atoms. The average molecular weight is 235 g/mol. The normalized spacial score (nSPS) is 15.4. The molecule has 1 aliphatic carbocycles. The van der Waals surface area contributed by atoms with Crippen molar-refractivity contribution in [2.45, 2.75) is 19.4 Å². The van der Waals surface area contributed by atoms with Crippen LogP contribution in [0.5, 0.6) is 0 Å². The molecule has 1 fully saturated rings. The zero-order valence-corrected chi connectivity index (χ0v) is 10.4. The van der Waals surface area contributed by atoms with Gasteiger partial charge in [-0.05, 0) is 37.9 Å². The van der Waals surface area contributed by atoms with Crippen molar-refractivity contribution in [3.63, 3.8) is 0 Å². The highest BCUT2D eigenvalue weighted by Gasteiger charge is 2.20. The van der Waals surface area contributed by atoms with Crippen molar-refractivity contribution in [3.05, 3.63) is 24.0 Å². The molecule has 0 amide bonds. The fourth-order valence-corrected chi connectivity index (χ4v) is 1.67. The van der Waals surface area contributed by atoms with Crippen LogP contribution in [-0.4, -0.2) is 36.7 Å². The summed E-state index contributed by atoms with van der Waals surface area (Å²) in [6.07, 6.45) is 4.48. The van der Waals surface area contributed by atoms with Crippen molar-refractivity contribution in [2.75, 3.05) is 32.5 Å². The second-order valence-corrected chi connectivity index (χ2v) is 4.80. The Morgan fingerprint density at radius 2 is 2.35 bits per heavy atom. The summed E-state index contributed by atoms with van der Waals surface area (Å²) in [5.74, 6) is 0.840. The molecule has 17 heavy (non-hydrogen) atoms. The largest absolute Gasteiger partial charge is 0.397 e. The zero-order valence-electron chi connectivity index (χ0n) is 10.4. The third-order valence-corrected chi connectivity index (χ3v) is 3.01. The molecule has 0 atom stereocenters. The van der Waals surface area contributed by atoms with Crippen molar-refractivity contribution in [2.24, 2.45) is 5.92 Å². The van der Waals surface area contributed by atoms with Crippen LogP contribution in [-0.2, 0) is 11.3 Å². The summed E-state index contributed by atoms with van der Waals surface area (Å²) < 4.78 is 5.60. The van der Waals surface area contributed by atoms with Gasteiger partial charge in [0, 0.05) is 25.9 Å². The minimum Gasteiger partial charge on any atom is -0.397 e. The highest BCUT2D eigenvalue weighted by Crippen LogP contribution is 2.28. The number of ether oxygens (including phenoxy) is 1. The maximum atomic E-state index is 5.85. The summed E-state index contributed by atoms with van der Waals surface area (Å²) in [5.41, 5.74) is 7.56. The highest BCUT2D eigenvalue weighted by molar-refractivity contribution is 5.41. The van der Waals surface area contributed by atoms with Crippen LogP contribution in [0.2, 0.25) is 0 Å². The van der Waals surface area contributed by atoms with Crippen molar-refractivity contribution >= 4 is 5.69 Å². The van der Waals surface area contributed by atoms with E-state index in [1.165, 1.54) is 12.8 Å². The Hall–Kier alpha value is -1.13. The van der Waals surface area contributed by atoms with Gasteiger partial charge in [0.1, 0.15) is 0 Å². The predicted octanol–water partition coefficient (Wildman–Crippen LogP) is 1.52. The molecular formula is C13H21N3O. The first-order valence-electron chi connectivity index (χ1n) is 6.21. The molecule has 0 radical (unpaired) electrons. The van der Waals surface area contributed by atoms with Gasteiger partial charge in [-0.15, -0.1) is 0 Å². The standard InChI is InChI=1S/C13H21N3O/c1-16(7-8-17-10-11-4-5-11)9-13-12(14)3-2-6-15-13/h2-3,6,11H,4-5,7-10,14H2,1H3. The van der Waals surface area contributed by atoms with E-state index in [-0.39, 0.29) is 0 Å². The Morgan fingerprint density at radius 3 is 3.06 bits per heavy atom. The molecule has 4 heteroatoms. The van der Waals surface area contributed by atoms with Gasteiger partial charge in [-0.2, -0.15) is 0 Å². The molecule has 1 heterocycles. The second kappa shape index (κ2) is 5.98. The van der Waals surface area contributed by atoms with Crippen LogP contribution in [0.4, 0.5) is 5.69 Å². The van der Waals surface area contributed by atoms with E-state index in [1.54, 1.807) is 6.20 Å². The van der Waals surface area contributed by atoms with Gasteiger partial charge in [-0.3, -0.25) is 9.88 Å². The highest BCUT2D eigenvalue weighted by atomic mass is 16.5. The van der Waals surface area contributed by atoms with Crippen LogP contribution < -0.4 is 5.73 Å². The molecule has 2 rings (SSSR count). The summed E-state index contributed by atoms with van der Waals surface area (Å²) >= 11 is 0. The number of anilines is 1. The van der Waals surface area contributed by atoms with E-state index in [9.17, 15) is 0 Å². The van der Waals surface area contributed by atoms with Crippen LogP contribution in [0.15, 0.2) is 18.3 Å². The van der Waals surface area contributed by atoms with E-state index in [2.05, 4.69) is 16.9 Å². The maximum absolute atomic E-state index is 5.85. The molecule has 4 nitrogen and oxygen atoms in total. The number of nitrogen functional groups attached to an aromatic ring is 1. The van der Waals surface area contributed by atoms with Crippen LogP contribution in [0.1, 0.15) is 18.5 Å². The smallest absolute Gasteiger partial charge is 0.0772 e. The Kier molecular flexibility index (Phi) is 4.34. The number of likely N-dealkylation sites (N-methyl/N-ethyl adjacent to an activating group) is 1. The molecule has 94 valence electrons. The summed E-state index contributed by atoms with van der Waals surface area (Å²) in [6, 6.07) is 3.75. The van der Waals surface area contributed by atoms with Crippen LogP contribution >= 0.6 is 0 Å². The number of nitrogens with zero attached hydrogens (tertiary/aromatic N) is 2. The number of nitrogens with two attached hydrogens (primary N) is 1. The topological polar surface area (TPSA) is 51.4 Å². The third-order valence-electron chi connectivity index (χ3n) is 3.01. The number of pyridine rings is 1. The minimum absolute atomic E-state index is 0.762. The van der Waals surface area contributed by atoms with Crippen molar-refractivity contribution < 1.29 is 4.74 Å². The fraction of sp³-hybridized carbons (Fsp3) is 0.615. The van der Waals surface area contributed by atoms with E-state index in [0.717, 1.165) is 43.6 Å². The molecule has 0 spiro atoms. The van der Waals surface area contributed by atoms with Crippen LogP contribution in [0, 0.1) is 5.92 Å². The minimum atomic E-state index is 0.762. The van der Waals surface area contributed by atoms with Gasteiger partial charge in [0.15, 0.2) is 0 Å². The van der Waals surface area contributed by atoms with Gasteiger partial charge in [-0.25, -0.2) is 0 Å². The summed E-state index contributed by atoms with van der Waals surface area (Å²) in [7, 11) is 2.06. The molecule has 0 aliphatic heterocycles. The average Bonchev–Trinajstić information content (AvgIpc) is 3.12. The maximum Gasteiger partial charge on any atom is 0.0772 e. The van der Waals surface area contributed by atoms with Gasteiger partial charge in [0.2, 0.25) is 0 Å². The molecule has 2 N–H and O–H groups in total. The van der Waals surface area contributed by atoms with Gasteiger partial charge in [-0.1, -0.05) is 0 Å². The monoisotopic (exact) mass is 235 g/mol. The number of hydrogen-bond acceptors (Lipinski definition) is 4. The number of rotatable bonds is 7. The Balaban J connectivity index is 1.65. The molecule has 1 aromatic heterocycles. The van der Waals surface area contributed by atoms with E-state index in [4.69, 9.17) is 10.5 Å². The van der Waals surface area contributed by atoms with Gasteiger partial charge in [0.05, 0.1) is 18.0 Å². The first kappa shape index (κ1) is 12.3. The molecule has 0 unspecified atom stereocenters. The van der Waals surface area contributed by atoms with E-state index < -0.39 is 0 Å². The molecule has 0 saturated heterocycles. The lowest BCUT2D eigenvalue weighted by Gasteiger charge is -2.16. The lowest BCUT2D eigenvalue weighted by molar-refractivity contribution is 0.101. The Bertz CT molecular complexity index is 352. The van der Waals surface area contributed by atoms with Crippen molar-refractivity contribution in [1.29, 1.82) is 0 Å². The number of hydrogen-bond donors (Lipinski definition) is 1. The SMILES string of the molecule is CN(CCOCC1CC1)Cc1ncccc1N. The van der Waals surface area contributed by atoms with Crippen molar-refractivity contribution in [3.8, 4) is 0 Å². The van der Waals surface area contributed by atoms with E-state index >= 15 is 0 Å². The second-order valence-electron chi connectivity index (χ2n) is 4.80. The summed E-state index contributed by atoms with van der Waals surface area (Å²) in [6.45, 7) is 3.42. The molecule has 1 aromatic rings. The lowest BCUT2D eigenvalue weighted by Crippen LogP contribution is -2.24. The fourth-order valence-electron chi connectivity index (χ4n) is 1.67. The summed E-state index contributed by atoms with van der Waals surface area (Å²) in [4.78, 5) is 6.46. The zero-order chi connectivity index (χ0) is 12.1. The van der Waals surface area contributed by atoms with E-state index in [1.807, 2.05) is 12.1 Å². The van der Waals surface area contributed by atoms with Crippen LogP contribution in [0.25, 0.3) is 0 Å². The molecule has 1 aliphatic rings. The van der Waals surface area contributed by atoms with Crippen LogP contribution in [0.3, 0.4) is 0 Å². The van der Waals surface area contributed by atoms with Gasteiger partial charge < -0.3 is 10.5 Å². The van der Waals surface area contributed by atoms with E-state index in [0.29, 0.717) is 0 Å². The molecular weight excluding hydrogens is 214 g/mol. The first-order valence-corrected chi connectivity index (χ1v) is 6.21. The third kappa shape index (κ3) is 4.32. The predicted molar refractivity (Wildman–Crippen MR) is 68.5 cm³/mol. The Morgan fingerprint density at radius 1 is 1.53 bits per heavy atom. The number of aromatic nitrogens is 1. The van der Waals surface area contributed by atoms with Gasteiger partial charge in [0.25, 0.3) is 0 Å². The molecule has 0 aromatic carbocycles. The summed E-state index contributed by atoms with van der Waals surface area (Å²) in [5, 5.41) is 0. The first-order chi connectivity index (χ1) is 8.25. The van der Waals surface area contributed by atoms with Gasteiger partial charge >= 0.3 is 0 Å². The van der Waals surface area contributed by atoms with Crippen molar-refractivity contribution in [1.82, 2.24) is 9.88 Å². The lowest BCUT2D eigenvalue weighted by atomic mass is 10.3. The Labute approximate surface area is 103 Å². The molecule has 1 saturated carbocycles. The quantitative estimate of drug-likeness (QED) is 0.728.